The number of hydrogen-bond donors (Lipinski definition) is 1. The van der Waals surface area contributed by atoms with Crippen molar-refractivity contribution in [3.8, 4) is 0 Å². The second-order valence-electron chi connectivity index (χ2n) is 6.06. The van der Waals surface area contributed by atoms with E-state index in [0.717, 1.165) is 16.9 Å². The zero-order valence-corrected chi connectivity index (χ0v) is 15.2. The standard InChI is InChI=1S/C23H22N2O2/c1-27-23(26)20(16-15-18-10-4-2-5-11-18)22(21-14-8-9-17-24-21)25-19-12-6-3-7-13-19/h2-17,20,22,25H,1H3/b16-15+/t20-,22-/m0/s1. The summed E-state index contributed by atoms with van der Waals surface area (Å²) in [4.78, 5) is 17.1. The van der Waals surface area contributed by atoms with Crippen molar-refractivity contribution in [2.75, 3.05) is 12.4 Å². The van der Waals surface area contributed by atoms with Crippen LogP contribution in [0.1, 0.15) is 17.3 Å². The van der Waals surface area contributed by atoms with Crippen molar-refractivity contribution in [1.82, 2.24) is 4.98 Å². The Kier molecular flexibility index (Phi) is 6.36. The van der Waals surface area contributed by atoms with E-state index in [9.17, 15) is 4.79 Å². The average Bonchev–Trinajstić information content (AvgIpc) is 2.75. The van der Waals surface area contributed by atoms with Gasteiger partial charge in [-0.15, -0.1) is 0 Å². The van der Waals surface area contributed by atoms with Crippen LogP contribution < -0.4 is 5.32 Å². The molecule has 4 heteroatoms. The van der Waals surface area contributed by atoms with E-state index in [1.54, 1.807) is 6.20 Å². The number of pyridine rings is 1. The Bertz CT molecular complexity index is 865. The molecule has 1 heterocycles. The summed E-state index contributed by atoms with van der Waals surface area (Å²) in [6.07, 6.45) is 5.53. The molecular weight excluding hydrogens is 336 g/mol. The summed E-state index contributed by atoms with van der Waals surface area (Å²) in [6, 6.07) is 25.0. The molecule has 2 atom stereocenters. The lowest BCUT2D eigenvalue weighted by Crippen LogP contribution is -2.28. The molecule has 0 aliphatic heterocycles. The lowest BCUT2D eigenvalue weighted by Gasteiger charge is -2.25. The van der Waals surface area contributed by atoms with Gasteiger partial charge in [0.2, 0.25) is 0 Å². The van der Waals surface area contributed by atoms with Gasteiger partial charge in [-0.3, -0.25) is 9.78 Å². The summed E-state index contributed by atoms with van der Waals surface area (Å²) in [5, 5.41) is 3.43. The predicted molar refractivity (Wildman–Crippen MR) is 108 cm³/mol. The average molecular weight is 358 g/mol. The quantitative estimate of drug-likeness (QED) is 0.620. The second kappa shape index (κ2) is 9.34. The van der Waals surface area contributed by atoms with Crippen molar-refractivity contribution in [2.45, 2.75) is 6.04 Å². The molecule has 0 aliphatic carbocycles. The number of anilines is 1. The highest BCUT2D eigenvalue weighted by Crippen LogP contribution is 2.28. The number of aromatic nitrogens is 1. The monoisotopic (exact) mass is 358 g/mol. The third kappa shape index (κ3) is 5.05. The summed E-state index contributed by atoms with van der Waals surface area (Å²) in [7, 11) is 1.41. The molecule has 3 rings (SSSR count). The molecule has 0 unspecified atom stereocenters. The Balaban J connectivity index is 1.96. The van der Waals surface area contributed by atoms with Crippen molar-refractivity contribution < 1.29 is 9.53 Å². The Morgan fingerprint density at radius 2 is 1.63 bits per heavy atom. The fourth-order valence-corrected chi connectivity index (χ4v) is 2.86. The van der Waals surface area contributed by atoms with Crippen LogP contribution in [0.3, 0.4) is 0 Å². The maximum atomic E-state index is 12.6. The molecule has 0 spiro atoms. The Labute approximate surface area is 159 Å². The van der Waals surface area contributed by atoms with Crippen LogP contribution in [0, 0.1) is 5.92 Å². The molecule has 2 aromatic carbocycles. The van der Waals surface area contributed by atoms with Crippen LogP contribution in [0.15, 0.2) is 91.1 Å². The van der Waals surface area contributed by atoms with Gasteiger partial charge in [-0.2, -0.15) is 0 Å². The van der Waals surface area contributed by atoms with Crippen molar-refractivity contribution in [2.24, 2.45) is 5.92 Å². The van der Waals surface area contributed by atoms with Crippen molar-refractivity contribution in [1.29, 1.82) is 0 Å². The van der Waals surface area contributed by atoms with Crippen molar-refractivity contribution in [3.05, 3.63) is 102 Å². The number of carbonyl (C=O) groups excluding carboxylic acids is 1. The van der Waals surface area contributed by atoms with Crippen LogP contribution in [-0.2, 0) is 9.53 Å². The predicted octanol–water partition coefficient (Wildman–Crippen LogP) is 4.74. The summed E-state index contributed by atoms with van der Waals surface area (Å²) in [6.45, 7) is 0. The number of rotatable bonds is 7. The van der Waals surface area contributed by atoms with Crippen LogP contribution in [0.25, 0.3) is 6.08 Å². The van der Waals surface area contributed by atoms with E-state index in [1.807, 2.05) is 91.0 Å². The molecule has 27 heavy (non-hydrogen) atoms. The normalized spacial score (nSPS) is 13.1. The Morgan fingerprint density at radius 3 is 2.26 bits per heavy atom. The molecule has 0 aliphatic rings. The number of ether oxygens (including phenoxy) is 1. The highest BCUT2D eigenvalue weighted by atomic mass is 16.5. The molecular formula is C23H22N2O2. The number of hydrogen-bond acceptors (Lipinski definition) is 4. The first-order valence-corrected chi connectivity index (χ1v) is 8.81. The minimum atomic E-state index is -0.537. The third-order valence-corrected chi connectivity index (χ3v) is 4.23. The minimum Gasteiger partial charge on any atom is -0.468 e. The number of methoxy groups -OCH3 is 1. The number of benzene rings is 2. The summed E-state index contributed by atoms with van der Waals surface area (Å²) < 4.78 is 5.08. The molecule has 3 aromatic rings. The lowest BCUT2D eigenvalue weighted by atomic mass is 9.94. The highest BCUT2D eigenvalue weighted by Gasteiger charge is 2.29. The van der Waals surface area contributed by atoms with Crippen molar-refractivity contribution in [3.63, 3.8) is 0 Å². The van der Waals surface area contributed by atoms with E-state index in [4.69, 9.17) is 4.74 Å². The molecule has 0 saturated heterocycles. The Morgan fingerprint density at radius 1 is 0.963 bits per heavy atom. The fourth-order valence-electron chi connectivity index (χ4n) is 2.86. The van der Waals surface area contributed by atoms with Gasteiger partial charge in [0.15, 0.2) is 0 Å². The SMILES string of the molecule is COC(=O)[C@@H](/C=C/c1ccccc1)[C@H](Nc1ccccc1)c1ccccn1. The van der Waals surface area contributed by atoms with Crippen LogP contribution >= 0.6 is 0 Å². The number of nitrogens with zero attached hydrogens (tertiary/aromatic N) is 1. The molecule has 0 fully saturated rings. The first-order valence-electron chi connectivity index (χ1n) is 8.81. The first kappa shape index (κ1) is 18.4. The summed E-state index contributed by atoms with van der Waals surface area (Å²) in [5.74, 6) is -0.855. The number of esters is 1. The molecule has 0 radical (unpaired) electrons. The van der Waals surface area contributed by atoms with Gasteiger partial charge in [-0.05, 0) is 29.8 Å². The highest BCUT2D eigenvalue weighted by molar-refractivity contribution is 5.77. The van der Waals surface area contributed by atoms with E-state index in [0.29, 0.717) is 0 Å². The molecule has 1 N–H and O–H groups in total. The van der Waals surface area contributed by atoms with Gasteiger partial charge in [0.25, 0.3) is 0 Å². The fraction of sp³-hybridized carbons (Fsp3) is 0.130. The van der Waals surface area contributed by atoms with E-state index >= 15 is 0 Å². The molecule has 0 amide bonds. The number of nitrogens with one attached hydrogen (secondary N) is 1. The minimum absolute atomic E-state index is 0.318. The number of para-hydroxylation sites is 1. The van der Waals surface area contributed by atoms with Gasteiger partial charge in [0, 0.05) is 11.9 Å². The zero-order chi connectivity index (χ0) is 18.9. The molecule has 136 valence electrons. The van der Waals surface area contributed by atoms with Crippen LogP contribution in [0.4, 0.5) is 5.69 Å². The smallest absolute Gasteiger partial charge is 0.315 e. The first-order chi connectivity index (χ1) is 13.3. The van der Waals surface area contributed by atoms with E-state index in [2.05, 4.69) is 10.3 Å². The Hall–Kier alpha value is -3.40. The largest absolute Gasteiger partial charge is 0.468 e. The van der Waals surface area contributed by atoms with E-state index < -0.39 is 5.92 Å². The zero-order valence-electron chi connectivity index (χ0n) is 15.2. The number of carbonyl (C=O) groups is 1. The molecule has 1 aromatic heterocycles. The molecule has 0 bridgehead atoms. The van der Waals surface area contributed by atoms with Crippen molar-refractivity contribution >= 4 is 17.7 Å². The van der Waals surface area contributed by atoms with Gasteiger partial charge in [0.05, 0.1) is 18.8 Å². The van der Waals surface area contributed by atoms with Crippen LogP contribution in [0.2, 0.25) is 0 Å². The van der Waals surface area contributed by atoms with Crippen LogP contribution in [0.5, 0.6) is 0 Å². The van der Waals surface area contributed by atoms with Gasteiger partial charge < -0.3 is 10.1 Å². The van der Waals surface area contributed by atoms with Gasteiger partial charge >= 0.3 is 5.97 Å². The lowest BCUT2D eigenvalue weighted by molar-refractivity contribution is -0.144. The molecule has 0 saturated carbocycles. The summed E-state index contributed by atoms with van der Waals surface area (Å²) >= 11 is 0. The maximum absolute atomic E-state index is 12.6. The molecule has 4 nitrogen and oxygen atoms in total. The topological polar surface area (TPSA) is 51.2 Å². The second-order valence-corrected chi connectivity index (χ2v) is 6.06. The summed E-state index contributed by atoms with van der Waals surface area (Å²) in [5.41, 5.74) is 2.70. The van der Waals surface area contributed by atoms with Gasteiger partial charge in [-0.25, -0.2) is 0 Å². The van der Waals surface area contributed by atoms with Crippen LogP contribution in [-0.4, -0.2) is 18.1 Å². The van der Waals surface area contributed by atoms with E-state index in [1.165, 1.54) is 7.11 Å². The third-order valence-electron chi connectivity index (χ3n) is 4.23. The van der Waals surface area contributed by atoms with Gasteiger partial charge in [-0.1, -0.05) is 66.7 Å². The van der Waals surface area contributed by atoms with Gasteiger partial charge in [0.1, 0.15) is 5.92 Å². The van der Waals surface area contributed by atoms with E-state index in [-0.39, 0.29) is 12.0 Å². The maximum Gasteiger partial charge on any atom is 0.315 e.